The van der Waals surface area contributed by atoms with Crippen molar-refractivity contribution in [1.82, 2.24) is 5.32 Å². The van der Waals surface area contributed by atoms with Crippen molar-refractivity contribution in [3.63, 3.8) is 0 Å². The summed E-state index contributed by atoms with van der Waals surface area (Å²) in [5.41, 5.74) is 4.90. The van der Waals surface area contributed by atoms with Gasteiger partial charge in [-0.25, -0.2) is 0 Å². The maximum Gasteiger partial charge on any atom is 0.234 e. The third-order valence-electron chi connectivity index (χ3n) is 5.09. The zero-order valence-electron chi connectivity index (χ0n) is 12.8. The molecule has 0 aromatic heterocycles. The maximum absolute atomic E-state index is 12.7. The lowest BCUT2D eigenvalue weighted by atomic mass is 9.77. The Morgan fingerprint density at radius 2 is 1.95 bits per heavy atom. The quantitative estimate of drug-likeness (QED) is 0.318. The van der Waals surface area contributed by atoms with Crippen molar-refractivity contribution in [2.75, 3.05) is 13.2 Å². The Balaban J connectivity index is 2.04. The number of amides is 1. The van der Waals surface area contributed by atoms with Crippen LogP contribution in [0.2, 0.25) is 0 Å². The molecule has 0 aromatic rings. The molecular weight excluding hydrogens is 270 g/mol. The number of oxime groups is 1. The molecule has 6 heteroatoms. The lowest BCUT2D eigenvalue weighted by Crippen LogP contribution is -2.55. The fourth-order valence-electron chi connectivity index (χ4n) is 3.51. The van der Waals surface area contributed by atoms with Gasteiger partial charge in [-0.3, -0.25) is 4.79 Å². The van der Waals surface area contributed by atoms with Crippen LogP contribution in [0.25, 0.3) is 0 Å². The zero-order valence-corrected chi connectivity index (χ0v) is 12.8. The first kappa shape index (κ1) is 16.1. The molecular formula is C15H27N3O3. The number of hydrogen-bond donors (Lipinski definition) is 3. The molecule has 1 atom stereocenters. The average Bonchev–Trinajstić information content (AvgIpc) is 2.55. The van der Waals surface area contributed by atoms with E-state index in [2.05, 4.69) is 17.4 Å². The molecule has 120 valence electrons. The molecule has 6 nitrogen and oxygen atoms in total. The van der Waals surface area contributed by atoms with E-state index < -0.39 is 5.41 Å². The molecule has 1 aliphatic carbocycles. The van der Waals surface area contributed by atoms with Gasteiger partial charge in [0.05, 0.1) is 0 Å². The van der Waals surface area contributed by atoms with E-state index in [-0.39, 0.29) is 17.8 Å². The molecule has 4 N–H and O–H groups in total. The Hall–Kier alpha value is -1.30. The molecule has 2 rings (SSSR count). The lowest BCUT2D eigenvalue weighted by molar-refractivity contribution is -0.132. The summed E-state index contributed by atoms with van der Waals surface area (Å²) < 4.78 is 5.32. The predicted molar refractivity (Wildman–Crippen MR) is 80.1 cm³/mol. The van der Waals surface area contributed by atoms with E-state index in [4.69, 9.17) is 15.7 Å². The van der Waals surface area contributed by atoms with E-state index in [9.17, 15) is 4.79 Å². The molecule has 0 radical (unpaired) electrons. The fourth-order valence-corrected chi connectivity index (χ4v) is 3.51. The standard InChI is InChI=1S/C15H27N3O3/c1-11(12-5-3-2-4-6-12)17-14(19)15(13(16)18-20)7-9-21-10-8-15/h11-12,20H,2-10H2,1H3,(H2,16,18)(H,17,19). The molecule has 1 amide bonds. The summed E-state index contributed by atoms with van der Waals surface area (Å²) in [4.78, 5) is 12.7. The van der Waals surface area contributed by atoms with Gasteiger partial charge < -0.3 is 21.0 Å². The van der Waals surface area contributed by atoms with Gasteiger partial charge in [0.2, 0.25) is 5.91 Å². The van der Waals surface area contributed by atoms with E-state index in [1.807, 2.05) is 0 Å². The van der Waals surface area contributed by atoms with Crippen molar-refractivity contribution in [2.24, 2.45) is 22.2 Å². The average molecular weight is 297 g/mol. The molecule has 1 unspecified atom stereocenters. The summed E-state index contributed by atoms with van der Waals surface area (Å²) in [6, 6.07) is 0.129. The number of nitrogens with two attached hydrogens (primary N) is 1. The van der Waals surface area contributed by atoms with E-state index in [1.165, 1.54) is 32.1 Å². The number of rotatable bonds is 4. The molecule has 1 aliphatic heterocycles. The van der Waals surface area contributed by atoms with Crippen LogP contribution < -0.4 is 11.1 Å². The van der Waals surface area contributed by atoms with Gasteiger partial charge in [0.1, 0.15) is 5.41 Å². The normalized spacial score (nSPS) is 25.3. The highest BCUT2D eigenvalue weighted by atomic mass is 16.5. The van der Waals surface area contributed by atoms with Gasteiger partial charge >= 0.3 is 0 Å². The van der Waals surface area contributed by atoms with Gasteiger partial charge in [-0.1, -0.05) is 24.4 Å². The van der Waals surface area contributed by atoms with Crippen molar-refractivity contribution in [3.05, 3.63) is 0 Å². The highest BCUT2D eigenvalue weighted by Crippen LogP contribution is 2.32. The Labute approximate surface area is 126 Å². The van der Waals surface area contributed by atoms with Crippen LogP contribution in [0.3, 0.4) is 0 Å². The minimum atomic E-state index is -0.921. The molecule has 1 saturated carbocycles. The summed E-state index contributed by atoms with van der Waals surface area (Å²) in [7, 11) is 0. The van der Waals surface area contributed by atoms with E-state index in [0.717, 1.165) is 0 Å². The van der Waals surface area contributed by atoms with Gasteiger partial charge in [0, 0.05) is 19.3 Å². The second kappa shape index (κ2) is 7.11. The van der Waals surface area contributed by atoms with Gasteiger partial charge in [-0.2, -0.15) is 0 Å². The van der Waals surface area contributed by atoms with E-state index in [1.54, 1.807) is 0 Å². The number of carbonyl (C=O) groups excluding carboxylic acids is 1. The Morgan fingerprint density at radius 3 is 2.52 bits per heavy atom. The van der Waals surface area contributed by atoms with Gasteiger partial charge in [0.15, 0.2) is 5.84 Å². The number of nitrogens with zero attached hydrogens (tertiary/aromatic N) is 1. The third-order valence-corrected chi connectivity index (χ3v) is 5.09. The first-order chi connectivity index (χ1) is 10.1. The third kappa shape index (κ3) is 3.48. The highest BCUT2D eigenvalue weighted by molar-refractivity contribution is 6.06. The van der Waals surface area contributed by atoms with Crippen molar-refractivity contribution in [3.8, 4) is 0 Å². The van der Waals surface area contributed by atoms with Crippen molar-refractivity contribution in [1.29, 1.82) is 0 Å². The van der Waals surface area contributed by atoms with Crippen LogP contribution in [-0.2, 0) is 9.53 Å². The summed E-state index contributed by atoms with van der Waals surface area (Å²) in [5, 5.41) is 15.2. The molecule has 2 aliphatic rings. The number of carbonyl (C=O) groups is 1. The number of nitrogens with one attached hydrogen (secondary N) is 1. The van der Waals surface area contributed by atoms with Crippen LogP contribution in [0.1, 0.15) is 51.9 Å². The number of ether oxygens (including phenoxy) is 1. The second-order valence-electron chi connectivity index (χ2n) is 6.34. The monoisotopic (exact) mass is 297 g/mol. The lowest BCUT2D eigenvalue weighted by Gasteiger charge is -2.37. The topological polar surface area (TPSA) is 96.9 Å². The number of hydrogen-bond acceptors (Lipinski definition) is 4. The molecule has 0 bridgehead atoms. The highest BCUT2D eigenvalue weighted by Gasteiger charge is 2.45. The SMILES string of the molecule is CC(NC(=O)C1(C(N)=NO)CCOCC1)C1CCCCC1. The molecule has 0 spiro atoms. The zero-order chi connectivity index (χ0) is 15.3. The fraction of sp³-hybridized carbons (Fsp3) is 0.867. The molecule has 1 heterocycles. The van der Waals surface area contributed by atoms with Gasteiger partial charge in [-0.05, 0) is 38.5 Å². The smallest absolute Gasteiger partial charge is 0.234 e. The Morgan fingerprint density at radius 1 is 1.33 bits per heavy atom. The Kier molecular flexibility index (Phi) is 5.45. The predicted octanol–water partition coefficient (Wildman–Crippen LogP) is 1.61. The summed E-state index contributed by atoms with van der Waals surface area (Å²) in [6.07, 6.45) is 7.04. The van der Waals surface area contributed by atoms with Crippen LogP contribution in [-0.4, -0.2) is 36.2 Å². The minimum absolute atomic E-state index is 0.000792. The first-order valence-corrected chi connectivity index (χ1v) is 7.97. The van der Waals surface area contributed by atoms with Crippen LogP contribution in [0.15, 0.2) is 5.16 Å². The van der Waals surface area contributed by atoms with Crippen molar-refractivity contribution < 1.29 is 14.7 Å². The maximum atomic E-state index is 12.7. The van der Waals surface area contributed by atoms with Crippen molar-refractivity contribution >= 4 is 11.7 Å². The molecule has 2 fully saturated rings. The Bertz CT molecular complexity index is 386. The van der Waals surface area contributed by atoms with E-state index >= 15 is 0 Å². The second-order valence-corrected chi connectivity index (χ2v) is 6.34. The van der Waals surface area contributed by atoms with Crippen molar-refractivity contribution in [2.45, 2.75) is 57.9 Å². The van der Waals surface area contributed by atoms with Crippen LogP contribution in [0.5, 0.6) is 0 Å². The summed E-state index contributed by atoms with van der Waals surface area (Å²) in [6.45, 7) is 2.98. The van der Waals surface area contributed by atoms with Gasteiger partial charge in [0.25, 0.3) is 0 Å². The number of amidine groups is 1. The molecule has 21 heavy (non-hydrogen) atoms. The van der Waals surface area contributed by atoms with Crippen LogP contribution in [0.4, 0.5) is 0 Å². The molecule has 0 aromatic carbocycles. The van der Waals surface area contributed by atoms with Gasteiger partial charge in [-0.15, -0.1) is 0 Å². The van der Waals surface area contributed by atoms with Crippen LogP contribution in [0, 0.1) is 11.3 Å². The first-order valence-electron chi connectivity index (χ1n) is 7.97. The molecule has 1 saturated heterocycles. The largest absolute Gasteiger partial charge is 0.409 e. The minimum Gasteiger partial charge on any atom is -0.409 e. The summed E-state index contributed by atoms with van der Waals surface area (Å²) >= 11 is 0. The van der Waals surface area contributed by atoms with E-state index in [0.29, 0.717) is 32.0 Å². The summed E-state index contributed by atoms with van der Waals surface area (Å²) in [5.74, 6) is 0.408. The van der Waals surface area contributed by atoms with Crippen LogP contribution >= 0.6 is 0 Å².